The monoisotopic (exact) mass is 280 g/mol. The molecular weight excluding hydrogens is 260 g/mol. The lowest BCUT2D eigenvalue weighted by Crippen LogP contribution is -2.33. The second-order valence-electron chi connectivity index (χ2n) is 6.35. The number of allylic oxidation sites excluding steroid dienone is 2. The third-order valence-corrected chi connectivity index (χ3v) is 4.97. The molecule has 0 spiro atoms. The van der Waals surface area contributed by atoms with Gasteiger partial charge in [-0.05, 0) is 48.1 Å². The van der Waals surface area contributed by atoms with Crippen LogP contribution >= 0.6 is 0 Å². The van der Waals surface area contributed by atoms with Crippen LogP contribution in [0.1, 0.15) is 12.8 Å². The van der Waals surface area contributed by atoms with Crippen molar-refractivity contribution in [3.8, 4) is 0 Å². The van der Waals surface area contributed by atoms with Crippen LogP contribution in [0.3, 0.4) is 0 Å². The quantitative estimate of drug-likeness (QED) is 0.858. The molecule has 1 saturated carbocycles. The highest BCUT2D eigenvalue weighted by molar-refractivity contribution is 5.83. The smallest absolute Gasteiger partial charge is 0.239 e. The molecule has 3 atom stereocenters. The Kier molecular flexibility index (Phi) is 3.06. The lowest BCUT2D eigenvalue weighted by Gasteiger charge is -2.18. The van der Waals surface area contributed by atoms with Crippen molar-refractivity contribution < 1.29 is 4.79 Å². The van der Waals surface area contributed by atoms with Gasteiger partial charge in [0, 0.05) is 18.3 Å². The van der Waals surface area contributed by atoms with Gasteiger partial charge in [0.25, 0.3) is 0 Å². The SMILES string of the molecule is O=C(Cn1ccc2ccccc21)NC[C@H]1C[C@H]2C=C[C@H]1C2. The Morgan fingerprint density at radius 3 is 2.90 bits per heavy atom. The summed E-state index contributed by atoms with van der Waals surface area (Å²) in [5, 5.41) is 4.30. The summed E-state index contributed by atoms with van der Waals surface area (Å²) >= 11 is 0. The fourth-order valence-corrected chi connectivity index (χ4v) is 3.86. The van der Waals surface area contributed by atoms with Crippen molar-refractivity contribution in [2.24, 2.45) is 17.8 Å². The van der Waals surface area contributed by atoms with Crippen LogP contribution < -0.4 is 5.32 Å². The molecule has 0 aliphatic heterocycles. The van der Waals surface area contributed by atoms with Crippen molar-refractivity contribution in [3.05, 3.63) is 48.7 Å². The summed E-state index contributed by atoms with van der Waals surface area (Å²) in [4.78, 5) is 12.2. The molecule has 2 aliphatic carbocycles. The molecule has 0 radical (unpaired) electrons. The van der Waals surface area contributed by atoms with E-state index in [1.165, 1.54) is 18.2 Å². The van der Waals surface area contributed by atoms with Gasteiger partial charge in [-0.2, -0.15) is 0 Å². The first-order valence-corrected chi connectivity index (χ1v) is 7.78. The number of fused-ring (bicyclic) bond motifs is 3. The molecule has 2 aliphatic rings. The normalized spacial score (nSPS) is 26.6. The molecule has 3 nitrogen and oxygen atoms in total. The molecule has 2 bridgehead atoms. The van der Waals surface area contributed by atoms with Gasteiger partial charge in [-0.25, -0.2) is 0 Å². The van der Waals surface area contributed by atoms with Crippen molar-refractivity contribution in [3.63, 3.8) is 0 Å². The maximum Gasteiger partial charge on any atom is 0.239 e. The number of hydrogen-bond acceptors (Lipinski definition) is 1. The van der Waals surface area contributed by atoms with Crippen LogP contribution in [0.4, 0.5) is 0 Å². The molecule has 108 valence electrons. The van der Waals surface area contributed by atoms with Crippen molar-refractivity contribution in [1.29, 1.82) is 0 Å². The van der Waals surface area contributed by atoms with Gasteiger partial charge in [-0.15, -0.1) is 0 Å². The summed E-state index contributed by atoms with van der Waals surface area (Å²) in [6.07, 6.45) is 9.21. The van der Waals surface area contributed by atoms with Crippen molar-refractivity contribution in [2.75, 3.05) is 6.54 Å². The van der Waals surface area contributed by atoms with Crippen LogP contribution in [0, 0.1) is 17.8 Å². The van der Waals surface area contributed by atoms with Gasteiger partial charge in [-0.3, -0.25) is 4.79 Å². The summed E-state index contributed by atoms with van der Waals surface area (Å²) in [7, 11) is 0. The minimum Gasteiger partial charge on any atom is -0.354 e. The second-order valence-corrected chi connectivity index (χ2v) is 6.35. The molecule has 21 heavy (non-hydrogen) atoms. The van der Waals surface area contributed by atoms with Crippen LogP contribution in [-0.4, -0.2) is 17.0 Å². The molecule has 1 fully saturated rings. The van der Waals surface area contributed by atoms with Gasteiger partial charge in [-0.1, -0.05) is 30.4 Å². The Morgan fingerprint density at radius 2 is 2.10 bits per heavy atom. The van der Waals surface area contributed by atoms with Crippen LogP contribution in [0.2, 0.25) is 0 Å². The van der Waals surface area contributed by atoms with E-state index in [0.29, 0.717) is 18.4 Å². The Bertz CT molecular complexity index is 700. The van der Waals surface area contributed by atoms with E-state index in [1.54, 1.807) is 0 Å². The molecule has 3 heteroatoms. The number of hydrogen-bond donors (Lipinski definition) is 1. The maximum absolute atomic E-state index is 12.2. The number of para-hydroxylation sites is 1. The fourth-order valence-electron chi connectivity index (χ4n) is 3.86. The topological polar surface area (TPSA) is 34.0 Å². The lowest BCUT2D eigenvalue weighted by atomic mass is 9.94. The molecule has 1 amide bonds. The van der Waals surface area contributed by atoms with E-state index in [0.717, 1.165) is 18.0 Å². The number of rotatable bonds is 4. The molecule has 1 heterocycles. The van der Waals surface area contributed by atoms with Gasteiger partial charge < -0.3 is 9.88 Å². The first kappa shape index (κ1) is 12.7. The van der Waals surface area contributed by atoms with Gasteiger partial charge in [0.15, 0.2) is 0 Å². The summed E-state index contributed by atoms with van der Waals surface area (Å²) in [6, 6.07) is 10.2. The molecule has 4 rings (SSSR count). The number of benzene rings is 1. The number of nitrogens with one attached hydrogen (secondary N) is 1. The van der Waals surface area contributed by atoms with Crippen molar-refractivity contribution >= 4 is 16.8 Å². The highest BCUT2D eigenvalue weighted by atomic mass is 16.1. The van der Waals surface area contributed by atoms with Crippen LogP contribution in [0.15, 0.2) is 48.7 Å². The molecule has 0 saturated heterocycles. The lowest BCUT2D eigenvalue weighted by molar-refractivity contribution is -0.121. The van der Waals surface area contributed by atoms with Gasteiger partial charge >= 0.3 is 0 Å². The van der Waals surface area contributed by atoms with Gasteiger partial charge in [0.1, 0.15) is 6.54 Å². The molecule has 1 aromatic carbocycles. The summed E-state index contributed by atoms with van der Waals surface area (Å²) < 4.78 is 2.02. The van der Waals surface area contributed by atoms with Crippen molar-refractivity contribution in [1.82, 2.24) is 9.88 Å². The number of carbonyl (C=O) groups is 1. The number of amides is 1. The van der Waals surface area contributed by atoms with E-state index < -0.39 is 0 Å². The summed E-state index contributed by atoms with van der Waals surface area (Å²) in [5.74, 6) is 2.22. The molecule has 0 unspecified atom stereocenters. The van der Waals surface area contributed by atoms with E-state index in [4.69, 9.17) is 0 Å². The standard InChI is InChI=1S/C18H20N2O/c21-18(19-11-16-10-13-5-6-15(16)9-13)12-20-8-7-14-3-1-2-4-17(14)20/h1-8,13,15-16H,9-12H2,(H,19,21)/t13-,15-,16+/m0/s1. The van der Waals surface area contributed by atoms with Crippen molar-refractivity contribution in [2.45, 2.75) is 19.4 Å². The van der Waals surface area contributed by atoms with Crippen LogP contribution in [-0.2, 0) is 11.3 Å². The van der Waals surface area contributed by atoms with E-state index in [2.05, 4.69) is 35.7 Å². The largest absolute Gasteiger partial charge is 0.354 e. The predicted molar refractivity (Wildman–Crippen MR) is 83.8 cm³/mol. The molecular formula is C18H20N2O. The Hall–Kier alpha value is -2.03. The zero-order valence-corrected chi connectivity index (χ0v) is 12.0. The zero-order chi connectivity index (χ0) is 14.2. The predicted octanol–water partition coefficient (Wildman–Crippen LogP) is 2.97. The van der Waals surface area contributed by atoms with Crippen LogP contribution in [0.5, 0.6) is 0 Å². The Morgan fingerprint density at radius 1 is 1.19 bits per heavy atom. The van der Waals surface area contributed by atoms with E-state index in [1.807, 2.05) is 22.9 Å². The minimum absolute atomic E-state index is 0.114. The first-order valence-electron chi connectivity index (χ1n) is 7.78. The van der Waals surface area contributed by atoms with Gasteiger partial charge in [0.2, 0.25) is 5.91 Å². The number of nitrogens with zero attached hydrogens (tertiary/aromatic N) is 1. The molecule has 1 N–H and O–H groups in total. The number of carbonyl (C=O) groups excluding carboxylic acids is 1. The first-order chi connectivity index (χ1) is 10.3. The van der Waals surface area contributed by atoms with E-state index in [-0.39, 0.29) is 5.91 Å². The third-order valence-electron chi connectivity index (χ3n) is 4.97. The Balaban J connectivity index is 1.37. The third kappa shape index (κ3) is 2.37. The highest BCUT2D eigenvalue weighted by Crippen LogP contribution is 2.42. The zero-order valence-electron chi connectivity index (χ0n) is 12.0. The van der Waals surface area contributed by atoms with E-state index in [9.17, 15) is 4.79 Å². The minimum atomic E-state index is 0.114. The van der Waals surface area contributed by atoms with Gasteiger partial charge in [0.05, 0.1) is 0 Å². The highest BCUT2D eigenvalue weighted by Gasteiger charge is 2.35. The maximum atomic E-state index is 12.2. The fraction of sp³-hybridized carbons (Fsp3) is 0.389. The number of aromatic nitrogens is 1. The van der Waals surface area contributed by atoms with Crippen LogP contribution in [0.25, 0.3) is 10.9 Å². The average Bonchev–Trinajstić information content (AvgIpc) is 3.21. The Labute approximate surface area is 124 Å². The van der Waals surface area contributed by atoms with E-state index >= 15 is 0 Å². The average molecular weight is 280 g/mol. The molecule has 1 aromatic heterocycles. The summed E-state index contributed by atoms with van der Waals surface area (Å²) in [6.45, 7) is 1.23. The molecule has 2 aromatic rings. The second kappa shape index (κ2) is 5.06. The summed E-state index contributed by atoms with van der Waals surface area (Å²) in [5.41, 5.74) is 1.12.